The number of piperidine rings is 1. The molecule has 1 aliphatic rings. The molecule has 2 amide bonds. The highest BCUT2D eigenvalue weighted by Crippen LogP contribution is 2.16. The highest BCUT2D eigenvalue weighted by molar-refractivity contribution is 7.89. The minimum absolute atomic E-state index is 0.0978. The number of aromatic nitrogens is 1. The van der Waals surface area contributed by atoms with Gasteiger partial charge in [0.05, 0.1) is 11.5 Å². The van der Waals surface area contributed by atoms with Crippen molar-refractivity contribution >= 4 is 21.7 Å². The Hall–Kier alpha value is -2.53. The molecule has 1 fully saturated rings. The lowest BCUT2D eigenvalue weighted by Crippen LogP contribution is -2.46. The largest absolute Gasteiger partial charge is 0.380 e. The first-order valence-corrected chi connectivity index (χ1v) is 12.6. The minimum Gasteiger partial charge on any atom is -0.380 e. The van der Waals surface area contributed by atoms with E-state index in [4.69, 9.17) is 4.74 Å². The molecular weight excluding hydrogens is 442 g/mol. The van der Waals surface area contributed by atoms with Gasteiger partial charge < -0.3 is 20.3 Å². The molecule has 10 heteroatoms. The lowest BCUT2D eigenvalue weighted by Gasteiger charge is -2.32. The first kappa shape index (κ1) is 25.1. The number of amides is 2. The van der Waals surface area contributed by atoms with Gasteiger partial charge in [-0.3, -0.25) is 4.98 Å². The Morgan fingerprint density at radius 1 is 1.12 bits per heavy atom. The smallest absolute Gasteiger partial charge is 0.319 e. The number of anilines is 1. The molecule has 3 N–H and O–H groups in total. The first-order chi connectivity index (χ1) is 15.7. The lowest BCUT2D eigenvalue weighted by molar-refractivity contribution is 0.185. The molecule has 0 spiro atoms. The summed E-state index contributed by atoms with van der Waals surface area (Å²) >= 11 is 0. The van der Waals surface area contributed by atoms with Gasteiger partial charge in [-0.2, -0.15) is 0 Å². The third-order valence-electron chi connectivity index (χ3n) is 5.51. The van der Waals surface area contributed by atoms with E-state index in [0.717, 1.165) is 48.6 Å². The SMILES string of the molecule is COCc1ccc(S(=O)(=O)NC2CCN(CCNC(=O)Nc3cc(C)nc(C)c3)CC2)cc1. The molecule has 1 saturated heterocycles. The predicted molar refractivity (Wildman–Crippen MR) is 128 cm³/mol. The summed E-state index contributed by atoms with van der Waals surface area (Å²) in [6.07, 6.45) is 1.45. The van der Waals surface area contributed by atoms with Crippen molar-refractivity contribution < 1.29 is 17.9 Å². The molecule has 33 heavy (non-hydrogen) atoms. The summed E-state index contributed by atoms with van der Waals surface area (Å²) in [5.74, 6) is 0. The zero-order valence-corrected chi connectivity index (χ0v) is 20.2. The van der Waals surface area contributed by atoms with Crippen LogP contribution in [0.1, 0.15) is 29.8 Å². The van der Waals surface area contributed by atoms with Gasteiger partial charge in [-0.25, -0.2) is 17.9 Å². The number of sulfonamides is 1. The normalized spacial score (nSPS) is 15.4. The van der Waals surface area contributed by atoms with Crippen LogP contribution < -0.4 is 15.4 Å². The average molecular weight is 476 g/mol. The van der Waals surface area contributed by atoms with Crippen molar-refractivity contribution in [3.63, 3.8) is 0 Å². The van der Waals surface area contributed by atoms with Crippen molar-refractivity contribution in [3.05, 3.63) is 53.3 Å². The average Bonchev–Trinajstić information content (AvgIpc) is 2.75. The molecule has 9 nitrogen and oxygen atoms in total. The summed E-state index contributed by atoms with van der Waals surface area (Å²) < 4.78 is 33.2. The standard InChI is InChI=1S/C23H33N5O4S/c1-17-14-21(15-18(2)25-17)26-23(29)24-10-13-28-11-8-20(9-12-28)27-33(30,31)22-6-4-19(5-7-22)16-32-3/h4-7,14-15,20,27H,8-13,16H2,1-3H3,(H2,24,25,26,29). The van der Waals surface area contributed by atoms with Gasteiger partial charge in [0.1, 0.15) is 0 Å². The molecule has 0 bridgehead atoms. The van der Waals surface area contributed by atoms with E-state index in [1.54, 1.807) is 31.4 Å². The fourth-order valence-electron chi connectivity index (χ4n) is 3.90. The maximum atomic E-state index is 12.7. The Labute approximate surface area is 196 Å². The van der Waals surface area contributed by atoms with Crippen molar-refractivity contribution in [2.45, 2.75) is 44.2 Å². The van der Waals surface area contributed by atoms with Gasteiger partial charge in [0, 0.05) is 43.3 Å². The Morgan fingerprint density at radius 3 is 2.36 bits per heavy atom. The van der Waals surface area contributed by atoms with Crippen LogP contribution in [0, 0.1) is 13.8 Å². The number of urea groups is 1. The van der Waals surface area contributed by atoms with Gasteiger partial charge in [0.2, 0.25) is 10.0 Å². The Bertz CT molecular complexity index is 1020. The number of likely N-dealkylation sites (tertiary alicyclic amines) is 1. The first-order valence-electron chi connectivity index (χ1n) is 11.1. The number of rotatable bonds is 9. The van der Waals surface area contributed by atoms with Crippen LogP contribution in [0.25, 0.3) is 0 Å². The van der Waals surface area contributed by atoms with E-state index in [9.17, 15) is 13.2 Å². The topological polar surface area (TPSA) is 113 Å². The fraction of sp³-hybridized carbons (Fsp3) is 0.478. The monoisotopic (exact) mass is 475 g/mol. The molecule has 180 valence electrons. The Kier molecular flexibility index (Phi) is 8.79. The third kappa shape index (κ3) is 7.78. The summed E-state index contributed by atoms with van der Waals surface area (Å²) in [4.78, 5) is 18.9. The second kappa shape index (κ2) is 11.6. The predicted octanol–water partition coefficient (Wildman–Crippen LogP) is 2.41. The zero-order chi connectivity index (χ0) is 23.8. The number of aryl methyl sites for hydroxylation is 2. The second-order valence-electron chi connectivity index (χ2n) is 8.33. The van der Waals surface area contributed by atoms with Crippen LogP contribution in [-0.2, 0) is 21.4 Å². The highest BCUT2D eigenvalue weighted by Gasteiger charge is 2.24. The van der Waals surface area contributed by atoms with Crippen LogP contribution in [0.15, 0.2) is 41.3 Å². The van der Waals surface area contributed by atoms with E-state index in [1.807, 2.05) is 26.0 Å². The molecule has 3 rings (SSSR count). The fourth-order valence-corrected chi connectivity index (χ4v) is 5.21. The molecule has 1 aromatic carbocycles. The minimum atomic E-state index is -3.55. The zero-order valence-electron chi connectivity index (χ0n) is 19.4. The number of carbonyl (C=O) groups excluding carboxylic acids is 1. The lowest BCUT2D eigenvalue weighted by atomic mass is 10.1. The van der Waals surface area contributed by atoms with E-state index in [-0.39, 0.29) is 17.0 Å². The van der Waals surface area contributed by atoms with Crippen LogP contribution in [0.4, 0.5) is 10.5 Å². The molecular formula is C23H33N5O4S. The van der Waals surface area contributed by atoms with Crippen LogP contribution in [0.3, 0.4) is 0 Å². The van der Waals surface area contributed by atoms with Gasteiger partial charge in [0.15, 0.2) is 0 Å². The number of pyridine rings is 1. The number of methoxy groups -OCH3 is 1. The summed E-state index contributed by atoms with van der Waals surface area (Å²) in [5.41, 5.74) is 3.36. The number of benzene rings is 1. The van der Waals surface area contributed by atoms with Gasteiger partial charge in [-0.15, -0.1) is 0 Å². The Balaban J connectivity index is 1.38. The summed E-state index contributed by atoms with van der Waals surface area (Å²) in [5, 5.41) is 5.70. The summed E-state index contributed by atoms with van der Waals surface area (Å²) in [6.45, 7) is 6.99. The van der Waals surface area contributed by atoms with Crippen molar-refractivity contribution in [2.75, 3.05) is 38.6 Å². The van der Waals surface area contributed by atoms with E-state index in [1.165, 1.54) is 0 Å². The van der Waals surface area contributed by atoms with E-state index in [0.29, 0.717) is 19.7 Å². The molecule has 1 aromatic heterocycles. The van der Waals surface area contributed by atoms with E-state index >= 15 is 0 Å². The highest BCUT2D eigenvalue weighted by atomic mass is 32.2. The van der Waals surface area contributed by atoms with Gasteiger partial charge in [-0.05, 0) is 69.6 Å². The third-order valence-corrected chi connectivity index (χ3v) is 7.04. The maximum absolute atomic E-state index is 12.7. The van der Waals surface area contributed by atoms with Gasteiger partial charge >= 0.3 is 6.03 Å². The number of nitrogens with one attached hydrogen (secondary N) is 3. The molecule has 0 saturated carbocycles. The summed E-state index contributed by atoms with van der Waals surface area (Å²) in [6, 6.07) is 10.0. The van der Waals surface area contributed by atoms with Crippen LogP contribution in [-0.4, -0.2) is 63.7 Å². The van der Waals surface area contributed by atoms with Crippen molar-refractivity contribution in [1.82, 2.24) is 19.9 Å². The van der Waals surface area contributed by atoms with Gasteiger partial charge in [0.25, 0.3) is 0 Å². The second-order valence-corrected chi connectivity index (χ2v) is 10.0. The summed E-state index contributed by atoms with van der Waals surface area (Å²) in [7, 11) is -1.95. The number of ether oxygens (including phenoxy) is 1. The molecule has 0 unspecified atom stereocenters. The number of carbonyl (C=O) groups is 1. The molecule has 2 aromatic rings. The van der Waals surface area contributed by atoms with E-state index < -0.39 is 10.0 Å². The van der Waals surface area contributed by atoms with Crippen LogP contribution in [0.5, 0.6) is 0 Å². The van der Waals surface area contributed by atoms with E-state index in [2.05, 4.69) is 25.2 Å². The quantitative estimate of drug-likeness (QED) is 0.513. The van der Waals surface area contributed by atoms with Crippen LogP contribution >= 0.6 is 0 Å². The van der Waals surface area contributed by atoms with Crippen molar-refractivity contribution in [2.24, 2.45) is 0 Å². The molecule has 1 aliphatic heterocycles. The van der Waals surface area contributed by atoms with Gasteiger partial charge in [-0.1, -0.05) is 12.1 Å². The number of hydrogen-bond acceptors (Lipinski definition) is 6. The molecule has 0 radical (unpaired) electrons. The number of hydrogen-bond donors (Lipinski definition) is 3. The Morgan fingerprint density at radius 2 is 1.76 bits per heavy atom. The molecule has 2 heterocycles. The molecule has 0 atom stereocenters. The van der Waals surface area contributed by atoms with Crippen molar-refractivity contribution in [1.29, 1.82) is 0 Å². The van der Waals surface area contributed by atoms with Crippen LogP contribution in [0.2, 0.25) is 0 Å². The maximum Gasteiger partial charge on any atom is 0.319 e. The molecule has 0 aliphatic carbocycles. The number of nitrogens with zero attached hydrogens (tertiary/aromatic N) is 2. The van der Waals surface area contributed by atoms with Crippen molar-refractivity contribution in [3.8, 4) is 0 Å².